The Morgan fingerprint density at radius 3 is 3.00 bits per heavy atom. The summed E-state index contributed by atoms with van der Waals surface area (Å²) in [5, 5.41) is 0. The van der Waals surface area contributed by atoms with E-state index in [-0.39, 0.29) is 0 Å². The average Bonchev–Trinajstić information content (AvgIpc) is 2.69. The smallest absolute Gasteiger partial charge is 0.0619 e. The molecule has 1 aliphatic heterocycles. The molecular formula is C11H18N2OS. The lowest BCUT2D eigenvalue weighted by atomic mass is 10.2. The molecular weight excluding hydrogens is 208 g/mol. The maximum Gasteiger partial charge on any atom is 0.0619 e. The molecule has 0 aliphatic carbocycles. The van der Waals surface area contributed by atoms with E-state index >= 15 is 0 Å². The van der Waals surface area contributed by atoms with E-state index in [0.29, 0.717) is 12.6 Å². The van der Waals surface area contributed by atoms with E-state index in [0.717, 1.165) is 26.3 Å². The van der Waals surface area contributed by atoms with Crippen molar-refractivity contribution >= 4 is 11.3 Å². The van der Waals surface area contributed by atoms with Crippen molar-refractivity contribution in [2.75, 3.05) is 19.8 Å². The van der Waals surface area contributed by atoms with Gasteiger partial charge in [-0.15, -0.1) is 11.3 Å². The summed E-state index contributed by atoms with van der Waals surface area (Å²) in [4.78, 5) is 5.14. The molecule has 1 aliphatic rings. The zero-order valence-electron chi connectivity index (χ0n) is 9.11. The minimum Gasteiger partial charge on any atom is -0.379 e. The predicted molar refractivity (Wildman–Crippen MR) is 62.9 cm³/mol. The molecule has 0 radical (unpaired) electrons. The molecule has 0 spiro atoms. The number of ether oxygens (including phenoxy) is 1. The third-order valence-electron chi connectivity index (χ3n) is 2.78. The largest absolute Gasteiger partial charge is 0.379 e. The number of nitrogens with two attached hydrogens (primary N) is 1. The second-order valence-corrected chi connectivity index (χ2v) is 5.22. The van der Waals surface area contributed by atoms with Crippen LogP contribution in [0.15, 0.2) is 12.1 Å². The van der Waals surface area contributed by atoms with E-state index in [4.69, 9.17) is 10.5 Å². The predicted octanol–water partition coefficient (Wildman–Crippen LogP) is 1.43. The van der Waals surface area contributed by atoms with E-state index in [9.17, 15) is 0 Å². The molecule has 1 atom stereocenters. The maximum atomic E-state index is 5.60. The number of hydrogen-bond acceptors (Lipinski definition) is 4. The highest BCUT2D eigenvalue weighted by atomic mass is 32.1. The fourth-order valence-corrected chi connectivity index (χ4v) is 2.74. The van der Waals surface area contributed by atoms with Crippen LogP contribution in [0, 0.1) is 0 Å². The van der Waals surface area contributed by atoms with Gasteiger partial charge in [-0.25, -0.2) is 0 Å². The lowest BCUT2D eigenvalue weighted by molar-refractivity contribution is -0.00391. The first-order valence-electron chi connectivity index (χ1n) is 5.39. The molecule has 84 valence electrons. The number of thiophene rings is 1. The summed E-state index contributed by atoms with van der Waals surface area (Å²) in [7, 11) is 0. The summed E-state index contributed by atoms with van der Waals surface area (Å²) < 4.78 is 5.42. The standard InChI is InChI=1S/C11H18N2OS/c1-9-8-14-5-4-13(9)7-11-3-2-10(6-12)15-11/h2-3,9H,4-8,12H2,1H3. The van der Waals surface area contributed by atoms with Gasteiger partial charge in [-0.3, -0.25) is 4.90 Å². The Labute approximate surface area is 94.8 Å². The number of rotatable bonds is 3. The summed E-state index contributed by atoms with van der Waals surface area (Å²) in [5.41, 5.74) is 5.60. The third-order valence-corrected chi connectivity index (χ3v) is 3.87. The SMILES string of the molecule is CC1COCCN1Cc1ccc(CN)s1. The van der Waals surface area contributed by atoms with Crippen molar-refractivity contribution in [3.05, 3.63) is 21.9 Å². The molecule has 2 N–H and O–H groups in total. The molecule has 1 unspecified atom stereocenters. The molecule has 0 amide bonds. The lowest BCUT2D eigenvalue weighted by Gasteiger charge is -2.32. The molecule has 2 rings (SSSR count). The van der Waals surface area contributed by atoms with Gasteiger partial charge in [-0.05, 0) is 19.1 Å². The third kappa shape index (κ3) is 2.78. The van der Waals surface area contributed by atoms with Gasteiger partial charge in [0.1, 0.15) is 0 Å². The van der Waals surface area contributed by atoms with Crippen molar-refractivity contribution in [3.63, 3.8) is 0 Å². The second-order valence-electron chi connectivity index (χ2n) is 3.97. The van der Waals surface area contributed by atoms with Crippen LogP contribution < -0.4 is 5.73 Å². The zero-order valence-corrected chi connectivity index (χ0v) is 9.93. The molecule has 4 heteroatoms. The zero-order chi connectivity index (χ0) is 10.7. The molecule has 0 aromatic carbocycles. The van der Waals surface area contributed by atoms with E-state index in [1.807, 2.05) is 11.3 Å². The highest BCUT2D eigenvalue weighted by Gasteiger charge is 2.19. The summed E-state index contributed by atoms with van der Waals surface area (Å²) in [6.07, 6.45) is 0. The maximum absolute atomic E-state index is 5.60. The van der Waals surface area contributed by atoms with Crippen molar-refractivity contribution in [1.82, 2.24) is 4.90 Å². The number of nitrogens with zero attached hydrogens (tertiary/aromatic N) is 1. The molecule has 0 bridgehead atoms. The van der Waals surface area contributed by atoms with Crippen LogP contribution in [0.4, 0.5) is 0 Å². The lowest BCUT2D eigenvalue weighted by Crippen LogP contribution is -2.42. The van der Waals surface area contributed by atoms with Crippen molar-refractivity contribution in [2.24, 2.45) is 5.73 Å². The van der Waals surface area contributed by atoms with E-state index in [1.54, 1.807) is 0 Å². The van der Waals surface area contributed by atoms with Gasteiger partial charge in [0.15, 0.2) is 0 Å². The van der Waals surface area contributed by atoms with Gasteiger partial charge < -0.3 is 10.5 Å². The van der Waals surface area contributed by atoms with Gasteiger partial charge in [0.25, 0.3) is 0 Å². The van der Waals surface area contributed by atoms with Crippen LogP contribution in [0.3, 0.4) is 0 Å². The molecule has 0 saturated carbocycles. The van der Waals surface area contributed by atoms with Crippen LogP contribution >= 0.6 is 11.3 Å². The summed E-state index contributed by atoms with van der Waals surface area (Å²) >= 11 is 1.82. The first kappa shape index (κ1) is 11.1. The Morgan fingerprint density at radius 2 is 2.33 bits per heavy atom. The fraction of sp³-hybridized carbons (Fsp3) is 0.636. The molecule has 15 heavy (non-hydrogen) atoms. The van der Waals surface area contributed by atoms with Crippen LogP contribution in [0.2, 0.25) is 0 Å². The normalized spacial score (nSPS) is 23.2. The molecule has 1 fully saturated rings. The quantitative estimate of drug-likeness (QED) is 0.847. The molecule has 1 aromatic rings. The van der Waals surface area contributed by atoms with Gasteiger partial charge in [-0.1, -0.05) is 0 Å². The Morgan fingerprint density at radius 1 is 1.53 bits per heavy atom. The van der Waals surface area contributed by atoms with Crippen LogP contribution in [0.1, 0.15) is 16.7 Å². The molecule has 1 aromatic heterocycles. The molecule has 1 saturated heterocycles. The van der Waals surface area contributed by atoms with Crippen molar-refractivity contribution in [1.29, 1.82) is 0 Å². The van der Waals surface area contributed by atoms with Gasteiger partial charge in [0.2, 0.25) is 0 Å². The van der Waals surface area contributed by atoms with Gasteiger partial charge in [0, 0.05) is 35.4 Å². The minimum atomic E-state index is 0.530. The Hall–Kier alpha value is -0.420. The summed E-state index contributed by atoms with van der Waals surface area (Å²) in [6, 6.07) is 4.85. The van der Waals surface area contributed by atoms with Crippen LogP contribution in [0.25, 0.3) is 0 Å². The number of morpholine rings is 1. The van der Waals surface area contributed by atoms with Gasteiger partial charge in [0.05, 0.1) is 13.2 Å². The van der Waals surface area contributed by atoms with Crippen LogP contribution in [-0.4, -0.2) is 30.7 Å². The fourth-order valence-electron chi connectivity index (χ4n) is 1.81. The van der Waals surface area contributed by atoms with Crippen molar-refractivity contribution < 1.29 is 4.74 Å². The van der Waals surface area contributed by atoms with E-state index in [2.05, 4.69) is 24.0 Å². The Bertz CT molecular complexity index is 313. The second kappa shape index (κ2) is 5.07. The average molecular weight is 226 g/mol. The molecule has 2 heterocycles. The van der Waals surface area contributed by atoms with Crippen LogP contribution in [-0.2, 0) is 17.8 Å². The van der Waals surface area contributed by atoms with Gasteiger partial charge in [-0.2, -0.15) is 0 Å². The first-order valence-corrected chi connectivity index (χ1v) is 6.20. The van der Waals surface area contributed by atoms with E-state index in [1.165, 1.54) is 9.75 Å². The number of hydrogen-bond donors (Lipinski definition) is 1. The minimum absolute atomic E-state index is 0.530. The Kier molecular flexibility index (Phi) is 3.75. The van der Waals surface area contributed by atoms with E-state index < -0.39 is 0 Å². The monoisotopic (exact) mass is 226 g/mol. The van der Waals surface area contributed by atoms with Gasteiger partial charge >= 0.3 is 0 Å². The topological polar surface area (TPSA) is 38.5 Å². The summed E-state index contributed by atoms with van der Waals surface area (Å²) in [6.45, 7) is 6.67. The van der Waals surface area contributed by atoms with Crippen molar-refractivity contribution in [2.45, 2.75) is 26.1 Å². The highest BCUT2D eigenvalue weighted by Crippen LogP contribution is 2.19. The summed E-state index contributed by atoms with van der Waals surface area (Å²) in [5.74, 6) is 0. The highest BCUT2D eigenvalue weighted by molar-refractivity contribution is 7.11. The van der Waals surface area contributed by atoms with Crippen molar-refractivity contribution in [3.8, 4) is 0 Å². The molecule has 3 nitrogen and oxygen atoms in total. The van der Waals surface area contributed by atoms with Crippen LogP contribution in [0.5, 0.6) is 0 Å². The Balaban J connectivity index is 1.95. The first-order chi connectivity index (χ1) is 7.29.